The molecule has 0 saturated carbocycles. The van der Waals surface area contributed by atoms with Crippen molar-refractivity contribution in [3.05, 3.63) is 64.2 Å². The number of aromatic hydroxyl groups is 1. The molecule has 0 amide bonds. The van der Waals surface area contributed by atoms with Crippen molar-refractivity contribution in [3.63, 3.8) is 0 Å². The summed E-state index contributed by atoms with van der Waals surface area (Å²) < 4.78 is 0. The maximum Gasteiger partial charge on any atom is 0.182 e. The van der Waals surface area contributed by atoms with Crippen LogP contribution in [0, 0.1) is 17.2 Å². The number of carbonyl (C=O) groups excluding carboxylic acids is 1. The number of benzene rings is 2. The molecule has 5 heteroatoms. The minimum atomic E-state index is -0.307. The lowest BCUT2D eigenvalue weighted by atomic mass is 9.78. The third-order valence-corrected chi connectivity index (χ3v) is 7.49. The second-order valence-corrected chi connectivity index (χ2v) is 12.4. The van der Waals surface area contributed by atoms with Crippen LogP contribution in [0.1, 0.15) is 93.9 Å². The second kappa shape index (κ2) is 10.8. The van der Waals surface area contributed by atoms with Gasteiger partial charge in [-0.25, -0.2) is 0 Å². The monoisotopic (exact) mass is 492 g/mol. The Bertz CT molecular complexity index is 1070. The van der Waals surface area contributed by atoms with Crippen LogP contribution in [-0.2, 0) is 23.9 Å². The van der Waals surface area contributed by atoms with Crippen LogP contribution in [-0.4, -0.2) is 39.8 Å². The van der Waals surface area contributed by atoms with Crippen LogP contribution in [0.5, 0.6) is 5.75 Å². The van der Waals surface area contributed by atoms with E-state index >= 15 is 0 Å². The first-order valence-corrected chi connectivity index (χ1v) is 13.2. The van der Waals surface area contributed by atoms with Gasteiger partial charge in [-0.15, -0.1) is 0 Å². The van der Waals surface area contributed by atoms with E-state index in [1.165, 1.54) is 0 Å². The van der Waals surface area contributed by atoms with Gasteiger partial charge in [0.05, 0.1) is 13.2 Å². The number of nitrogens with one attached hydrogen (secondary N) is 1. The Hall–Kier alpha value is -2.66. The lowest BCUT2D eigenvalue weighted by molar-refractivity contribution is 0.0963. The van der Waals surface area contributed by atoms with E-state index in [1.807, 2.05) is 82.8 Å². The molecule has 2 aromatic carbocycles. The zero-order chi connectivity index (χ0) is 26.8. The van der Waals surface area contributed by atoms with Crippen molar-refractivity contribution in [2.45, 2.75) is 85.2 Å². The van der Waals surface area contributed by atoms with Gasteiger partial charge in [-0.05, 0) is 52.8 Å². The summed E-state index contributed by atoms with van der Waals surface area (Å²) in [6.07, 6.45) is 2.73. The van der Waals surface area contributed by atoms with Crippen molar-refractivity contribution in [2.75, 3.05) is 13.1 Å². The van der Waals surface area contributed by atoms with Crippen LogP contribution in [0.25, 0.3) is 0 Å². The molecule has 1 saturated heterocycles. The number of carbonyl (C=O) groups is 1. The maximum absolute atomic E-state index is 13.6. The van der Waals surface area contributed by atoms with Crippen molar-refractivity contribution in [3.8, 4) is 5.75 Å². The Balaban J connectivity index is 1.89. The molecule has 0 aromatic heterocycles. The van der Waals surface area contributed by atoms with Crippen molar-refractivity contribution in [1.29, 1.82) is 5.41 Å². The number of phenols is 1. The van der Waals surface area contributed by atoms with Crippen LogP contribution in [0.15, 0.2) is 36.4 Å². The molecule has 1 aliphatic heterocycles. The summed E-state index contributed by atoms with van der Waals surface area (Å²) in [5.41, 5.74) is 3.51. The zero-order valence-electron chi connectivity index (χ0n) is 23.1. The number of aliphatic hydroxyl groups is 1. The molecule has 0 spiro atoms. The number of rotatable bonds is 8. The van der Waals surface area contributed by atoms with Crippen LogP contribution in [0.3, 0.4) is 0 Å². The molecule has 3 N–H and O–H groups in total. The minimum absolute atomic E-state index is 0.00998. The molecular formula is C31H44N2O3. The third kappa shape index (κ3) is 6.00. The predicted octanol–water partition coefficient (Wildman–Crippen LogP) is 6.23. The van der Waals surface area contributed by atoms with Crippen molar-refractivity contribution in [2.24, 2.45) is 11.8 Å². The summed E-state index contributed by atoms with van der Waals surface area (Å²) >= 11 is 0. The molecule has 0 bridgehead atoms. The van der Waals surface area contributed by atoms with Gasteiger partial charge in [-0.2, -0.15) is 0 Å². The average Bonchev–Trinajstić information content (AvgIpc) is 3.07. The molecule has 3 rings (SSSR count). The Labute approximate surface area is 217 Å². The predicted molar refractivity (Wildman–Crippen MR) is 147 cm³/mol. The first kappa shape index (κ1) is 27.9. The molecule has 2 unspecified atom stereocenters. The molecule has 36 heavy (non-hydrogen) atoms. The van der Waals surface area contributed by atoms with E-state index in [2.05, 4.69) is 6.92 Å². The molecule has 2 atom stereocenters. The molecule has 0 aliphatic carbocycles. The van der Waals surface area contributed by atoms with Gasteiger partial charge < -0.3 is 15.1 Å². The molecular weight excluding hydrogens is 448 g/mol. The van der Waals surface area contributed by atoms with E-state index in [-0.39, 0.29) is 41.4 Å². The van der Waals surface area contributed by atoms with Gasteiger partial charge in [-0.3, -0.25) is 10.2 Å². The molecule has 196 valence electrons. The smallest absolute Gasteiger partial charge is 0.182 e. The highest BCUT2D eigenvalue weighted by Gasteiger charge is 2.38. The summed E-state index contributed by atoms with van der Waals surface area (Å²) in [6.45, 7) is 15.3. The number of amidine groups is 1. The van der Waals surface area contributed by atoms with E-state index in [9.17, 15) is 15.0 Å². The van der Waals surface area contributed by atoms with Gasteiger partial charge in [0.15, 0.2) is 5.78 Å². The highest BCUT2D eigenvalue weighted by atomic mass is 16.3. The van der Waals surface area contributed by atoms with Gasteiger partial charge in [0.2, 0.25) is 0 Å². The molecule has 1 fully saturated rings. The second-order valence-electron chi connectivity index (χ2n) is 12.4. The normalized spacial score (nSPS) is 18.7. The van der Waals surface area contributed by atoms with Crippen LogP contribution >= 0.6 is 0 Å². The van der Waals surface area contributed by atoms with E-state index in [0.717, 1.165) is 35.1 Å². The summed E-state index contributed by atoms with van der Waals surface area (Å²) in [4.78, 5) is 15.5. The number of aliphatic hydroxyl groups excluding tert-OH is 1. The standard InChI is InChI=1S/C31H44N2O3/c1-8-11-21-17-33(29(32)24(21)14-20-12-9-10-13-22(20)19-34)18-27(35)23-15-25(30(2,3)4)28(36)26(16-23)31(5,6)7/h9-10,12-13,15-16,21,24,32,34,36H,8,11,14,17-19H2,1-7H3. The van der Waals surface area contributed by atoms with E-state index < -0.39 is 0 Å². The van der Waals surface area contributed by atoms with Crippen LogP contribution in [0.2, 0.25) is 0 Å². The zero-order valence-corrected chi connectivity index (χ0v) is 23.1. The van der Waals surface area contributed by atoms with E-state index in [4.69, 9.17) is 5.41 Å². The van der Waals surface area contributed by atoms with Gasteiger partial charge in [0.1, 0.15) is 11.6 Å². The summed E-state index contributed by atoms with van der Waals surface area (Å²) in [6, 6.07) is 11.6. The number of likely N-dealkylation sites (tertiary alicyclic amines) is 1. The van der Waals surface area contributed by atoms with E-state index in [0.29, 0.717) is 30.3 Å². The molecule has 2 aromatic rings. The first-order valence-electron chi connectivity index (χ1n) is 13.2. The quantitative estimate of drug-likeness (QED) is 0.381. The SMILES string of the molecule is CCCC1CN(CC(=O)c2cc(C(C)(C)C)c(O)c(C(C)(C)C)c2)C(=N)C1Cc1ccccc1CO. The van der Waals surface area contributed by atoms with Crippen molar-refractivity contribution < 1.29 is 15.0 Å². The Morgan fingerprint density at radius 2 is 1.58 bits per heavy atom. The van der Waals surface area contributed by atoms with Gasteiger partial charge in [-0.1, -0.05) is 79.2 Å². The Kier molecular flexibility index (Phi) is 8.34. The van der Waals surface area contributed by atoms with E-state index in [1.54, 1.807) is 0 Å². The number of hydrogen-bond acceptors (Lipinski definition) is 4. The maximum atomic E-state index is 13.6. The topological polar surface area (TPSA) is 84.6 Å². The first-order chi connectivity index (χ1) is 16.8. The van der Waals surface area contributed by atoms with Crippen LogP contribution in [0.4, 0.5) is 0 Å². The average molecular weight is 493 g/mol. The van der Waals surface area contributed by atoms with Gasteiger partial charge in [0, 0.05) is 29.2 Å². The van der Waals surface area contributed by atoms with Crippen LogP contribution < -0.4 is 0 Å². The van der Waals surface area contributed by atoms with Crippen molar-refractivity contribution in [1.82, 2.24) is 4.90 Å². The minimum Gasteiger partial charge on any atom is -0.507 e. The fourth-order valence-corrected chi connectivity index (χ4v) is 5.39. The number of hydrogen-bond donors (Lipinski definition) is 3. The lowest BCUT2D eigenvalue weighted by Crippen LogP contribution is -2.33. The number of phenolic OH excluding ortho intramolecular Hbond substituents is 1. The molecule has 0 radical (unpaired) electrons. The fraction of sp³-hybridized carbons (Fsp3) is 0.548. The summed E-state index contributed by atoms with van der Waals surface area (Å²) in [7, 11) is 0. The van der Waals surface area contributed by atoms with Gasteiger partial charge >= 0.3 is 0 Å². The molecule has 1 heterocycles. The number of nitrogens with zero attached hydrogens (tertiary/aromatic N) is 1. The number of ketones is 1. The fourth-order valence-electron chi connectivity index (χ4n) is 5.39. The molecule has 5 nitrogen and oxygen atoms in total. The molecule has 1 aliphatic rings. The summed E-state index contributed by atoms with van der Waals surface area (Å²) in [5, 5.41) is 29.8. The number of Topliss-reactive ketones (excluding diaryl/α,β-unsaturated/α-hetero) is 1. The Morgan fingerprint density at radius 3 is 2.08 bits per heavy atom. The Morgan fingerprint density at radius 1 is 1.03 bits per heavy atom. The van der Waals surface area contributed by atoms with Gasteiger partial charge in [0.25, 0.3) is 0 Å². The largest absolute Gasteiger partial charge is 0.507 e. The summed E-state index contributed by atoms with van der Waals surface area (Å²) in [5.74, 6) is 1.09. The highest BCUT2D eigenvalue weighted by molar-refractivity contribution is 6.01. The lowest BCUT2D eigenvalue weighted by Gasteiger charge is -2.28. The van der Waals surface area contributed by atoms with Crippen molar-refractivity contribution >= 4 is 11.6 Å². The third-order valence-electron chi connectivity index (χ3n) is 7.49. The highest BCUT2D eigenvalue weighted by Crippen LogP contribution is 2.40.